The second-order valence-electron chi connectivity index (χ2n) is 2.79. The van der Waals surface area contributed by atoms with Crippen LogP contribution < -0.4 is 5.48 Å². The molecule has 2 heteroatoms. The lowest BCUT2D eigenvalue weighted by Crippen LogP contribution is -2.24. The first-order valence-electron chi connectivity index (χ1n) is 3.15. The van der Waals surface area contributed by atoms with E-state index < -0.39 is 0 Å². The summed E-state index contributed by atoms with van der Waals surface area (Å²) in [5.74, 6) is 1.55. The molecule has 0 radical (unpaired) electrons. The molecule has 0 saturated heterocycles. The van der Waals surface area contributed by atoms with Crippen LogP contribution in [-0.2, 0) is 0 Å². The monoisotopic (exact) mass is 115 g/mol. The molecule has 3 atom stereocenters. The van der Waals surface area contributed by atoms with Crippen molar-refractivity contribution in [3.05, 3.63) is 0 Å². The molecule has 0 bridgehead atoms. The average molecular weight is 115 g/mol. The lowest BCUT2D eigenvalue weighted by molar-refractivity contribution is 0.121. The van der Waals surface area contributed by atoms with Gasteiger partial charge in [-0.2, -0.15) is 0 Å². The van der Waals surface area contributed by atoms with Crippen LogP contribution in [0.1, 0.15) is 20.3 Å². The molecule has 3 unspecified atom stereocenters. The predicted octanol–water partition coefficient (Wildman–Crippen LogP) is 1.01. The molecular weight excluding hydrogens is 102 g/mol. The predicted molar refractivity (Wildman–Crippen MR) is 31.7 cm³/mol. The van der Waals surface area contributed by atoms with Gasteiger partial charge in [0, 0.05) is 6.04 Å². The lowest BCUT2D eigenvalue weighted by Gasteiger charge is -2.04. The van der Waals surface area contributed by atoms with Crippen molar-refractivity contribution in [2.75, 3.05) is 0 Å². The third kappa shape index (κ3) is 1.01. The second kappa shape index (κ2) is 2.03. The van der Waals surface area contributed by atoms with E-state index in [2.05, 4.69) is 12.4 Å². The lowest BCUT2D eigenvalue weighted by atomic mass is 10.2. The van der Waals surface area contributed by atoms with Crippen molar-refractivity contribution in [2.24, 2.45) is 11.8 Å². The quantitative estimate of drug-likeness (QED) is 0.526. The molecule has 1 rings (SSSR count). The SMILES string of the molecule is CC1CC1C(C)NO. The van der Waals surface area contributed by atoms with Gasteiger partial charge in [0.05, 0.1) is 0 Å². The van der Waals surface area contributed by atoms with Crippen LogP contribution in [0.5, 0.6) is 0 Å². The van der Waals surface area contributed by atoms with Crippen LogP contribution in [0.3, 0.4) is 0 Å². The van der Waals surface area contributed by atoms with E-state index in [1.807, 2.05) is 6.92 Å². The molecular formula is C6H13NO. The minimum Gasteiger partial charge on any atom is -0.317 e. The third-order valence-corrected chi connectivity index (χ3v) is 2.02. The molecule has 0 heterocycles. The zero-order chi connectivity index (χ0) is 6.15. The molecule has 0 aromatic rings. The highest BCUT2D eigenvalue weighted by Crippen LogP contribution is 2.40. The van der Waals surface area contributed by atoms with E-state index in [4.69, 9.17) is 5.21 Å². The molecule has 0 amide bonds. The summed E-state index contributed by atoms with van der Waals surface area (Å²) in [4.78, 5) is 0. The van der Waals surface area contributed by atoms with Crippen LogP contribution in [0.25, 0.3) is 0 Å². The zero-order valence-electron chi connectivity index (χ0n) is 5.39. The summed E-state index contributed by atoms with van der Waals surface area (Å²) in [7, 11) is 0. The van der Waals surface area contributed by atoms with Crippen molar-refractivity contribution in [1.82, 2.24) is 5.48 Å². The maximum Gasteiger partial charge on any atom is 0.0322 e. The number of rotatable bonds is 2. The van der Waals surface area contributed by atoms with E-state index in [0.29, 0.717) is 6.04 Å². The van der Waals surface area contributed by atoms with Gasteiger partial charge in [-0.25, -0.2) is 5.48 Å². The Bertz CT molecular complexity index is 82.6. The number of hydroxylamine groups is 1. The minimum absolute atomic E-state index is 0.296. The van der Waals surface area contributed by atoms with Crippen molar-refractivity contribution >= 4 is 0 Å². The molecule has 48 valence electrons. The smallest absolute Gasteiger partial charge is 0.0322 e. The number of nitrogens with one attached hydrogen (secondary N) is 1. The summed E-state index contributed by atoms with van der Waals surface area (Å²) in [6.07, 6.45) is 1.27. The highest BCUT2D eigenvalue weighted by molar-refractivity contribution is 4.88. The maximum atomic E-state index is 8.41. The average Bonchev–Trinajstić information content (AvgIpc) is 2.45. The first-order chi connectivity index (χ1) is 3.75. The van der Waals surface area contributed by atoms with Gasteiger partial charge in [-0.3, -0.25) is 0 Å². The topological polar surface area (TPSA) is 32.3 Å². The zero-order valence-corrected chi connectivity index (χ0v) is 5.39. The Balaban J connectivity index is 2.18. The van der Waals surface area contributed by atoms with E-state index in [0.717, 1.165) is 11.8 Å². The Labute approximate surface area is 49.9 Å². The van der Waals surface area contributed by atoms with Crippen LogP contribution in [0.15, 0.2) is 0 Å². The molecule has 1 saturated carbocycles. The highest BCUT2D eigenvalue weighted by atomic mass is 16.5. The van der Waals surface area contributed by atoms with Gasteiger partial charge in [-0.05, 0) is 25.2 Å². The van der Waals surface area contributed by atoms with Crippen molar-refractivity contribution in [1.29, 1.82) is 0 Å². The molecule has 1 aliphatic carbocycles. The summed E-state index contributed by atoms with van der Waals surface area (Å²) < 4.78 is 0. The van der Waals surface area contributed by atoms with Crippen molar-refractivity contribution in [3.63, 3.8) is 0 Å². The van der Waals surface area contributed by atoms with Crippen molar-refractivity contribution in [2.45, 2.75) is 26.3 Å². The molecule has 8 heavy (non-hydrogen) atoms. The van der Waals surface area contributed by atoms with Gasteiger partial charge in [0.25, 0.3) is 0 Å². The molecule has 0 aliphatic heterocycles. The van der Waals surface area contributed by atoms with Crippen molar-refractivity contribution in [3.8, 4) is 0 Å². The summed E-state index contributed by atoms with van der Waals surface area (Å²) in [6, 6.07) is 0.296. The fourth-order valence-electron chi connectivity index (χ4n) is 1.14. The van der Waals surface area contributed by atoms with Gasteiger partial charge in [-0.15, -0.1) is 0 Å². The van der Waals surface area contributed by atoms with E-state index >= 15 is 0 Å². The second-order valence-corrected chi connectivity index (χ2v) is 2.79. The van der Waals surface area contributed by atoms with Gasteiger partial charge < -0.3 is 5.21 Å². The van der Waals surface area contributed by atoms with E-state index in [9.17, 15) is 0 Å². The Morgan fingerprint density at radius 2 is 2.25 bits per heavy atom. The summed E-state index contributed by atoms with van der Waals surface area (Å²) in [6.45, 7) is 4.21. The highest BCUT2D eigenvalue weighted by Gasteiger charge is 2.36. The standard InChI is InChI=1S/C6H13NO/c1-4-3-6(4)5(2)7-8/h4-8H,3H2,1-2H3. The van der Waals surface area contributed by atoms with Crippen LogP contribution in [0, 0.1) is 11.8 Å². The molecule has 1 aliphatic rings. The normalized spacial score (nSPS) is 39.4. The van der Waals surface area contributed by atoms with Crippen molar-refractivity contribution < 1.29 is 5.21 Å². The first-order valence-corrected chi connectivity index (χ1v) is 3.15. The third-order valence-electron chi connectivity index (χ3n) is 2.02. The van der Waals surface area contributed by atoms with Crippen LogP contribution >= 0.6 is 0 Å². The molecule has 0 spiro atoms. The largest absolute Gasteiger partial charge is 0.317 e. The van der Waals surface area contributed by atoms with Crippen LogP contribution in [0.2, 0.25) is 0 Å². The Morgan fingerprint density at radius 1 is 1.75 bits per heavy atom. The van der Waals surface area contributed by atoms with E-state index in [-0.39, 0.29) is 0 Å². The molecule has 2 nitrogen and oxygen atoms in total. The fourth-order valence-corrected chi connectivity index (χ4v) is 1.14. The van der Waals surface area contributed by atoms with Crippen LogP contribution in [-0.4, -0.2) is 11.2 Å². The first kappa shape index (κ1) is 6.05. The maximum absolute atomic E-state index is 8.41. The summed E-state index contributed by atoms with van der Waals surface area (Å²) in [5.41, 5.74) is 2.26. The summed E-state index contributed by atoms with van der Waals surface area (Å²) >= 11 is 0. The van der Waals surface area contributed by atoms with Gasteiger partial charge in [0.2, 0.25) is 0 Å². The van der Waals surface area contributed by atoms with Crippen LogP contribution in [0.4, 0.5) is 0 Å². The Morgan fingerprint density at radius 3 is 2.38 bits per heavy atom. The molecule has 2 N–H and O–H groups in total. The van der Waals surface area contributed by atoms with Gasteiger partial charge in [-0.1, -0.05) is 6.92 Å². The van der Waals surface area contributed by atoms with Gasteiger partial charge in [0.1, 0.15) is 0 Å². The Hall–Kier alpha value is -0.0800. The van der Waals surface area contributed by atoms with Gasteiger partial charge >= 0.3 is 0 Å². The molecule has 0 aromatic carbocycles. The summed E-state index contributed by atoms with van der Waals surface area (Å²) in [5, 5.41) is 8.41. The van der Waals surface area contributed by atoms with E-state index in [1.165, 1.54) is 6.42 Å². The Kier molecular flexibility index (Phi) is 1.54. The van der Waals surface area contributed by atoms with Gasteiger partial charge in [0.15, 0.2) is 0 Å². The number of hydrogen-bond donors (Lipinski definition) is 2. The van der Waals surface area contributed by atoms with E-state index in [1.54, 1.807) is 0 Å². The minimum atomic E-state index is 0.296. The molecule has 1 fully saturated rings. The number of hydrogen-bond acceptors (Lipinski definition) is 2. The fraction of sp³-hybridized carbons (Fsp3) is 1.00. The molecule has 0 aromatic heterocycles.